The molecule has 6 rings (SSSR count). The smallest absolute Gasteiger partial charge is 0.337 e. The molecule has 3 aromatic carbocycles. The Morgan fingerprint density at radius 3 is 2.60 bits per heavy atom. The minimum Gasteiger partial charge on any atom is -0.478 e. The SMILES string of the molecule is Cc1cc(C(C)Nc2ccccc2C(=O)O)c2oc(-c3ccc4c(c3)CN(CCN3CCOCC3)C4=O)cc(=O)c2c1. The van der Waals surface area contributed by atoms with Gasteiger partial charge in [-0.25, -0.2) is 4.79 Å². The second-order valence-electron chi connectivity index (χ2n) is 11.0. The van der Waals surface area contributed by atoms with Gasteiger partial charge in [0.25, 0.3) is 5.91 Å². The number of hydrogen-bond donors (Lipinski definition) is 2. The molecule has 2 aliphatic rings. The highest BCUT2D eigenvalue weighted by Crippen LogP contribution is 2.33. The summed E-state index contributed by atoms with van der Waals surface area (Å²) in [4.78, 5) is 42.3. The second kappa shape index (κ2) is 11.4. The van der Waals surface area contributed by atoms with E-state index in [1.54, 1.807) is 30.3 Å². The number of carboxylic acids is 1. The van der Waals surface area contributed by atoms with Gasteiger partial charge in [-0.3, -0.25) is 14.5 Å². The molecule has 9 nitrogen and oxygen atoms in total. The molecule has 0 radical (unpaired) electrons. The summed E-state index contributed by atoms with van der Waals surface area (Å²) in [6.07, 6.45) is 0. The highest BCUT2D eigenvalue weighted by Gasteiger charge is 2.28. The molecule has 1 atom stereocenters. The molecule has 0 saturated carbocycles. The summed E-state index contributed by atoms with van der Waals surface area (Å²) in [7, 11) is 0. The highest BCUT2D eigenvalue weighted by atomic mass is 16.5. The van der Waals surface area contributed by atoms with Gasteiger partial charge in [0.1, 0.15) is 11.3 Å². The van der Waals surface area contributed by atoms with Crippen LogP contribution in [0.3, 0.4) is 0 Å². The number of para-hydroxylation sites is 1. The number of ether oxygens (including phenoxy) is 1. The third-order valence-electron chi connectivity index (χ3n) is 8.06. The molecule has 1 aromatic heterocycles. The number of aryl methyl sites for hydroxylation is 1. The van der Waals surface area contributed by atoms with E-state index in [0.717, 1.165) is 55.1 Å². The maximum absolute atomic E-state index is 13.3. The Hall–Kier alpha value is -4.47. The molecule has 0 aliphatic carbocycles. The van der Waals surface area contributed by atoms with Crippen LogP contribution in [0.2, 0.25) is 0 Å². The predicted molar refractivity (Wildman–Crippen MR) is 160 cm³/mol. The third-order valence-corrected chi connectivity index (χ3v) is 8.06. The lowest BCUT2D eigenvalue weighted by molar-refractivity contribution is 0.0327. The summed E-state index contributed by atoms with van der Waals surface area (Å²) in [6, 6.07) is 17.2. The monoisotopic (exact) mass is 567 g/mol. The van der Waals surface area contributed by atoms with Gasteiger partial charge in [0.2, 0.25) is 0 Å². The maximum Gasteiger partial charge on any atom is 0.337 e. The highest BCUT2D eigenvalue weighted by molar-refractivity contribution is 5.99. The first-order valence-electron chi connectivity index (χ1n) is 14.2. The molecular formula is C33H33N3O6. The fraction of sp³-hybridized carbons (Fsp3) is 0.303. The number of fused-ring (bicyclic) bond motifs is 2. The minimum atomic E-state index is -1.03. The lowest BCUT2D eigenvalue weighted by Gasteiger charge is -2.28. The van der Waals surface area contributed by atoms with Crippen molar-refractivity contribution in [2.24, 2.45) is 0 Å². The van der Waals surface area contributed by atoms with Gasteiger partial charge >= 0.3 is 5.97 Å². The van der Waals surface area contributed by atoms with Crippen molar-refractivity contribution >= 4 is 28.5 Å². The number of rotatable bonds is 8. The van der Waals surface area contributed by atoms with Gasteiger partial charge < -0.3 is 24.5 Å². The molecule has 1 saturated heterocycles. The number of morpholine rings is 1. The molecule has 4 aromatic rings. The number of amides is 1. The van der Waals surface area contributed by atoms with Crippen LogP contribution in [0.15, 0.2) is 69.9 Å². The molecule has 1 amide bonds. The normalized spacial score (nSPS) is 16.0. The van der Waals surface area contributed by atoms with E-state index in [2.05, 4.69) is 10.2 Å². The molecule has 1 fully saturated rings. The van der Waals surface area contributed by atoms with E-state index in [4.69, 9.17) is 9.15 Å². The Kier molecular flexibility index (Phi) is 7.53. The van der Waals surface area contributed by atoms with Crippen LogP contribution in [0.4, 0.5) is 5.69 Å². The summed E-state index contributed by atoms with van der Waals surface area (Å²) in [5, 5.41) is 13.4. The molecular weight excluding hydrogens is 534 g/mol. The van der Waals surface area contributed by atoms with Crippen LogP contribution < -0.4 is 10.7 Å². The van der Waals surface area contributed by atoms with Crippen LogP contribution in [0.1, 0.15) is 50.4 Å². The van der Waals surface area contributed by atoms with Crippen LogP contribution in [0.25, 0.3) is 22.3 Å². The summed E-state index contributed by atoms with van der Waals surface area (Å²) < 4.78 is 11.8. The first-order chi connectivity index (χ1) is 20.3. The minimum absolute atomic E-state index is 0.0177. The molecule has 216 valence electrons. The molecule has 0 bridgehead atoms. The lowest BCUT2D eigenvalue weighted by atomic mass is 9.99. The van der Waals surface area contributed by atoms with Crippen molar-refractivity contribution in [1.29, 1.82) is 0 Å². The fourth-order valence-corrected chi connectivity index (χ4v) is 5.81. The van der Waals surface area contributed by atoms with E-state index in [1.807, 2.05) is 43.0 Å². The maximum atomic E-state index is 13.3. The Morgan fingerprint density at radius 2 is 1.81 bits per heavy atom. The van der Waals surface area contributed by atoms with Gasteiger partial charge in [0.05, 0.1) is 30.2 Å². The number of nitrogens with zero attached hydrogens (tertiary/aromatic N) is 2. The molecule has 1 unspecified atom stereocenters. The van der Waals surface area contributed by atoms with Crippen molar-refractivity contribution in [2.75, 3.05) is 44.7 Å². The Bertz CT molecular complexity index is 1740. The molecule has 2 aliphatic heterocycles. The predicted octanol–water partition coefficient (Wildman–Crippen LogP) is 4.93. The number of carbonyl (C=O) groups is 2. The fourth-order valence-electron chi connectivity index (χ4n) is 5.81. The van der Waals surface area contributed by atoms with Crippen LogP contribution in [0.5, 0.6) is 0 Å². The van der Waals surface area contributed by atoms with Gasteiger partial charge in [-0.05, 0) is 55.3 Å². The van der Waals surface area contributed by atoms with Crippen molar-refractivity contribution in [2.45, 2.75) is 26.4 Å². The Balaban J connectivity index is 1.30. The average Bonchev–Trinajstić information content (AvgIpc) is 3.31. The summed E-state index contributed by atoms with van der Waals surface area (Å²) >= 11 is 0. The van der Waals surface area contributed by atoms with Gasteiger partial charge in [-0.2, -0.15) is 0 Å². The summed E-state index contributed by atoms with van der Waals surface area (Å²) in [6.45, 7) is 8.98. The number of nitrogens with one attached hydrogen (secondary N) is 1. The zero-order chi connectivity index (χ0) is 29.4. The van der Waals surface area contributed by atoms with Crippen LogP contribution in [0, 0.1) is 6.92 Å². The average molecular weight is 568 g/mol. The number of carbonyl (C=O) groups excluding carboxylic acids is 1. The van der Waals surface area contributed by atoms with E-state index in [-0.39, 0.29) is 22.9 Å². The van der Waals surface area contributed by atoms with Crippen LogP contribution in [-0.4, -0.2) is 66.2 Å². The first-order valence-corrected chi connectivity index (χ1v) is 14.2. The number of aromatic carboxylic acids is 1. The van der Waals surface area contributed by atoms with E-state index in [9.17, 15) is 19.5 Å². The van der Waals surface area contributed by atoms with Crippen molar-refractivity contribution in [1.82, 2.24) is 9.80 Å². The van der Waals surface area contributed by atoms with Gasteiger partial charge in [0, 0.05) is 61.2 Å². The van der Waals surface area contributed by atoms with E-state index in [0.29, 0.717) is 41.1 Å². The van der Waals surface area contributed by atoms with Gasteiger partial charge in [0.15, 0.2) is 5.43 Å². The second-order valence-corrected chi connectivity index (χ2v) is 11.0. The van der Waals surface area contributed by atoms with Crippen molar-refractivity contribution in [3.63, 3.8) is 0 Å². The van der Waals surface area contributed by atoms with Crippen molar-refractivity contribution < 1.29 is 23.8 Å². The standard InChI is InChI=1S/C33H33N3O6/c1-20-15-26(21(2)34-28-6-4-3-5-25(28)33(39)40)31-27(16-20)29(37)18-30(42-31)22-7-8-24-23(17-22)19-36(32(24)38)10-9-35-11-13-41-14-12-35/h3-8,15-18,21,34H,9-14,19H2,1-2H3,(H,39,40). The van der Waals surface area contributed by atoms with Gasteiger partial charge in [-0.15, -0.1) is 0 Å². The zero-order valence-corrected chi connectivity index (χ0v) is 23.7. The Morgan fingerprint density at radius 1 is 1.02 bits per heavy atom. The number of carboxylic acid groups (broad SMARTS) is 1. The molecule has 0 spiro atoms. The largest absolute Gasteiger partial charge is 0.478 e. The molecule has 9 heteroatoms. The van der Waals surface area contributed by atoms with Crippen LogP contribution >= 0.6 is 0 Å². The summed E-state index contributed by atoms with van der Waals surface area (Å²) in [5.74, 6) is -0.593. The van der Waals surface area contributed by atoms with Crippen molar-refractivity contribution in [3.8, 4) is 11.3 Å². The molecule has 2 N–H and O–H groups in total. The van der Waals surface area contributed by atoms with Crippen molar-refractivity contribution in [3.05, 3.63) is 98.7 Å². The third kappa shape index (κ3) is 5.41. The zero-order valence-electron chi connectivity index (χ0n) is 23.7. The van der Waals surface area contributed by atoms with E-state index < -0.39 is 5.97 Å². The Labute approximate surface area is 243 Å². The first kappa shape index (κ1) is 27.7. The van der Waals surface area contributed by atoms with Gasteiger partial charge in [-0.1, -0.05) is 24.3 Å². The molecule has 42 heavy (non-hydrogen) atoms. The quantitative estimate of drug-likeness (QED) is 0.308. The molecule has 3 heterocycles. The number of anilines is 1. The van der Waals surface area contributed by atoms with Crippen LogP contribution in [-0.2, 0) is 11.3 Å². The topological polar surface area (TPSA) is 112 Å². The number of benzene rings is 3. The van der Waals surface area contributed by atoms with E-state index >= 15 is 0 Å². The van der Waals surface area contributed by atoms with E-state index in [1.165, 1.54) is 6.07 Å². The lowest BCUT2D eigenvalue weighted by Crippen LogP contribution is -2.41. The summed E-state index contributed by atoms with van der Waals surface area (Å²) in [5.41, 5.74) is 4.86. The number of hydrogen-bond acceptors (Lipinski definition) is 7.